The van der Waals surface area contributed by atoms with Gasteiger partial charge in [-0.05, 0) is 31.2 Å². The van der Waals surface area contributed by atoms with Gasteiger partial charge in [0.05, 0.1) is 5.56 Å². The van der Waals surface area contributed by atoms with Gasteiger partial charge in [0.2, 0.25) is 5.91 Å². The van der Waals surface area contributed by atoms with E-state index in [9.17, 15) is 22.8 Å². The van der Waals surface area contributed by atoms with Crippen molar-refractivity contribution in [1.29, 1.82) is 0 Å². The molecule has 0 spiro atoms. The number of hydrogen-bond donors (Lipinski definition) is 1. The first kappa shape index (κ1) is 17.8. The second-order valence-electron chi connectivity index (χ2n) is 5.79. The van der Waals surface area contributed by atoms with Gasteiger partial charge in [-0.25, -0.2) is 0 Å². The average Bonchev–Trinajstić information content (AvgIpc) is 2.82. The number of nitrogens with one attached hydrogen (secondary N) is 1. The van der Waals surface area contributed by atoms with E-state index in [1.165, 1.54) is 21.6 Å². The molecule has 0 saturated carbocycles. The number of aryl methyl sites for hydroxylation is 1. The Hall–Kier alpha value is -2.51. The summed E-state index contributed by atoms with van der Waals surface area (Å²) >= 11 is 0. The maximum absolute atomic E-state index is 12.8. The van der Waals surface area contributed by atoms with Gasteiger partial charge in [0.1, 0.15) is 11.7 Å². The van der Waals surface area contributed by atoms with E-state index in [0.29, 0.717) is 10.9 Å². The number of aromatic nitrogens is 1. The Balaban J connectivity index is 2.34. The van der Waals surface area contributed by atoms with Crippen molar-refractivity contribution in [3.63, 3.8) is 0 Å². The van der Waals surface area contributed by atoms with Crippen LogP contribution in [0.25, 0.3) is 10.9 Å². The maximum atomic E-state index is 12.8. The monoisotopic (exact) mass is 341 g/mol. The smallest absolute Gasteiger partial charge is 0.347 e. The van der Waals surface area contributed by atoms with Crippen molar-refractivity contribution in [2.75, 3.05) is 14.1 Å². The SMILES string of the molecule is C[C@@H](NC(=O)c1cc2cc(C(F)(F)F)ccc2n1C)C(=O)N(C)C. The van der Waals surface area contributed by atoms with E-state index in [2.05, 4.69) is 5.32 Å². The Kier molecular flexibility index (Phi) is 4.59. The summed E-state index contributed by atoms with van der Waals surface area (Å²) in [6, 6.07) is 3.94. The molecule has 0 radical (unpaired) electrons. The number of hydrogen-bond acceptors (Lipinski definition) is 2. The Morgan fingerprint density at radius 2 is 1.83 bits per heavy atom. The molecule has 5 nitrogen and oxygen atoms in total. The van der Waals surface area contributed by atoms with Gasteiger partial charge in [0.15, 0.2) is 0 Å². The highest BCUT2D eigenvalue weighted by atomic mass is 19.4. The fourth-order valence-electron chi connectivity index (χ4n) is 2.46. The van der Waals surface area contributed by atoms with Crippen LogP contribution in [0.15, 0.2) is 24.3 Å². The molecule has 1 aromatic heterocycles. The zero-order valence-electron chi connectivity index (χ0n) is 13.7. The van der Waals surface area contributed by atoms with Crippen LogP contribution in [0.4, 0.5) is 13.2 Å². The van der Waals surface area contributed by atoms with Crippen LogP contribution in [0.2, 0.25) is 0 Å². The van der Waals surface area contributed by atoms with Crippen molar-refractivity contribution < 1.29 is 22.8 Å². The predicted octanol–water partition coefficient (Wildman–Crippen LogP) is 2.40. The van der Waals surface area contributed by atoms with Crippen molar-refractivity contribution in [3.8, 4) is 0 Å². The normalized spacial score (nSPS) is 13.0. The van der Waals surface area contributed by atoms with Crippen LogP contribution in [-0.2, 0) is 18.0 Å². The second-order valence-corrected chi connectivity index (χ2v) is 5.79. The van der Waals surface area contributed by atoms with Crippen molar-refractivity contribution in [2.24, 2.45) is 7.05 Å². The highest BCUT2D eigenvalue weighted by Crippen LogP contribution is 2.32. The van der Waals surface area contributed by atoms with Crippen molar-refractivity contribution in [3.05, 3.63) is 35.5 Å². The Labute approximate surface area is 137 Å². The summed E-state index contributed by atoms with van der Waals surface area (Å²) in [5, 5.41) is 2.86. The maximum Gasteiger partial charge on any atom is 0.416 e. The van der Waals surface area contributed by atoms with Crippen molar-refractivity contribution in [1.82, 2.24) is 14.8 Å². The van der Waals surface area contributed by atoms with Gasteiger partial charge in [0.25, 0.3) is 5.91 Å². The number of halogens is 3. The van der Waals surface area contributed by atoms with Gasteiger partial charge in [-0.3, -0.25) is 9.59 Å². The minimum Gasteiger partial charge on any atom is -0.347 e. The fourth-order valence-corrected chi connectivity index (χ4v) is 2.46. The van der Waals surface area contributed by atoms with Crippen LogP contribution in [0.5, 0.6) is 0 Å². The molecule has 8 heteroatoms. The summed E-state index contributed by atoms with van der Waals surface area (Å²) in [4.78, 5) is 25.5. The molecule has 130 valence electrons. The molecule has 1 aromatic carbocycles. The molecule has 0 bridgehead atoms. The third-order valence-electron chi connectivity index (χ3n) is 3.76. The molecule has 1 heterocycles. The lowest BCUT2D eigenvalue weighted by molar-refractivity contribution is -0.137. The number of benzene rings is 1. The first-order valence-corrected chi connectivity index (χ1v) is 7.21. The lowest BCUT2D eigenvalue weighted by Gasteiger charge is -2.18. The molecule has 1 N–H and O–H groups in total. The van der Waals surface area contributed by atoms with Gasteiger partial charge < -0.3 is 14.8 Å². The van der Waals surface area contributed by atoms with Crippen LogP contribution in [0, 0.1) is 0 Å². The summed E-state index contributed by atoms with van der Waals surface area (Å²) in [6.45, 7) is 1.55. The zero-order valence-corrected chi connectivity index (χ0v) is 13.7. The van der Waals surface area contributed by atoms with Gasteiger partial charge >= 0.3 is 6.18 Å². The van der Waals surface area contributed by atoms with Gasteiger partial charge in [0, 0.05) is 32.0 Å². The van der Waals surface area contributed by atoms with Crippen LogP contribution in [0.1, 0.15) is 23.0 Å². The molecular formula is C16H18F3N3O2. The molecule has 2 amide bonds. The number of amides is 2. The van der Waals surface area contributed by atoms with E-state index in [-0.39, 0.29) is 11.6 Å². The minimum absolute atomic E-state index is 0.183. The number of carbonyl (C=O) groups is 2. The lowest BCUT2D eigenvalue weighted by atomic mass is 10.1. The third kappa shape index (κ3) is 3.37. The van der Waals surface area contributed by atoms with Crippen LogP contribution < -0.4 is 5.32 Å². The van der Waals surface area contributed by atoms with Crippen molar-refractivity contribution in [2.45, 2.75) is 19.1 Å². The standard InChI is InChI=1S/C16H18F3N3O2/c1-9(15(24)21(2)3)20-14(23)13-8-10-7-11(16(17,18)19)5-6-12(10)22(13)4/h5-9H,1-4H3,(H,20,23)/t9-/m1/s1. The molecule has 0 aliphatic carbocycles. The molecule has 0 fully saturated rings. The largest absolute Gasteiger partial charge is 0.416 e. The topological polar surface area (TPSA) is 54.3 Å². The first-order chi connectivity index (χ1) is 11.0. The molecule has 0 unspecified atom stereocenters. The zero-order chi connectivity index (χ0) is 18.2. The minimum atomic E-state index is -4.45. The Bertz CT molecular complexity index is 794. The van der Waals surface area contributed by atoms with Gasteiger partial charge in [-0.2, -0.15) is 13.2 Å². The quantitative estimate of drug-likeness (QED) is 0.932. The predicted molar refractivity (Wildman–Crippen MR) is 83.5 cm³/mol. The van der Waals surface area contributed by atoms with Crippen LogP contribution in [0.3, 0.4) is 0 Å². The molecule has 0 saturated heterocycles. The summed E-state index contributed by atoms with van der Waals surface area (Å²) in [5.74, 6) is -0.800. The third-order valence-corrected chi connectivity index (χ3v) is 3.76. The van der Waals surface area contributed by atoms with E-state index >= 15 is 0 Å². The Morgan fingerprint density at radius 1 is 1.21 bits per heavy atom. The van der Waals surface area contributed by atoms with E-state index in [4.69, 9.17) is 0 Å². The van der Waals surface area contributed by atoms with Crippen LogP contribution >= 0.6 is 0 Å². The summed E-state index contributed by atoms with van der Waals surface area (Å²) in [5.41, 5.74) is -0.0915. The van der Waals surface area contributed by atoms with E-state index in [1.54, 1.807) is 28.1 Å². The van der Waals surface area contributed by atoms with Crippen molar-refractivity contribution >= 4 is 22.7 Å². The lowest BCUT2D eigenvalue weighted by Crippen LogP contribution is -2.44. The molecule has 24 heavy (non-hydrogen) atoms. The molecular weight excluding hydrogens is 323 g/mol. The van der Waals surface area contributed by atoms with E-state index < -0.39 is 23.7 Å². The summed E-state index contributed by atoms with van der Waals surface area (Å²) < 4.78 is 39.9. The Morgan fingerprint density at radius 3 is 2.38 bits per heavy atom. The molecule has 2 aromatic rings. The number of nitrogens with zero attached hydrogens (tertiary/aromatic N) is 2. The molecule has 0 aliphatic rings. The number of likely N-dealkylation sites (N-methyl/N-ethyl adjacent to an activating group) is 1. The number of alkyl halides is 3. The molecule has 1 atom stereocenters. The highest BCUT2D eigenvalue weighted by molar-refractivity contribution is 6.00. The summed E-state index contributed by atoms with van der Waals surface area (Å²) in [6.07, 6.45) is -4.45. The van der Waals surface area contributed by atoms with E-state index in [1.807, 2.05) is 0 Å². The molecule has 0 aliphatic heterocycles. The molecule has 2 rings (SSSR count). The average molecular weight is 341 g/mol. The van der Waals surface area contributed by atoms with Gasteiger partial charge in [-0.1, -0.05) is 0 Å². The van der Waals surface area contributed by atoms with Gasteiger partial charge in [-0.15, -0.1) is 0 Å². The highest BCUT2D eigenvalue weighted by Gasteiger charge is 2.31. The van der Waals surface area contributed by atoms with E-state index in [0.717, 1.165) is 12.1 Å². The number of carbonyl (C=O) groups excluding carboxylic acids is 2. The summed E-state index contributed by atoms with van der Waals surface area (Å²) in [7, 11) is 4.73. The van der Waals surface area contributed by atoms with Crippen LogP contribution in [-0.4, -0.2) is 41.4 Å². The number of fused-ring (bicyclic) bond motifs is 1. The first-order valence-electron chi connectivity index (χ1n) is 7.21. The second kappa shape index (κ2) is 6.18. The fraction of sp³-hybridized carbons (Fsp3) is 0.375. The number of rotatable bonds is 3.